The van der Waals surface area contributed by atoms with Gasteiger partial charge in [-0.15, -0.1) is 0 Å². The van der Waals surface area contributed by atoms with Crippen LogP contribution in [0.5, 0.6) is 0 Å². The molecule has 1 N–H and O–H groups in total. The molecule has 0 aliphatic heterocycles. The first kappa shape index (κ1) is 13.7. The molecule has 1 unspecified atom stereocenters. The highest BCUT2D eigenvalue weighted by atomic mass is 19.4. The summed E-state index contributed by atoms with van der Waals surface area (Å²) in [5, 5.41) is 8.42. The minimum absolute atomic E-state index is 0.0603. The van der Waals surface area contributed by atoms with Crippen molar-refractivity contribution in [2.24, 2.45) is 0 Å². The lowest BCUT2D eigenvalue weighted by Gasteiger charge is -2.18. The Balaban J connectivity index is 3.54. The topological polar surface area (TPSA) is 29.5 Å². The first-order valence-corrected chi connectivity index (χ1v) is 4.81. The molecule has 1 atom stereocenters. The van der Waals surface area contributed by atoms with E-state index < -0.39 is 18.9 Å². The number of unbranched alkanes of at least 4 members (excludes halogenated alkanes) is 3. The van der Waals surface area contributed by atoms with E-state index in [0.717, 1.165) is 19.3 Å². The average molecular weight is 214 g/mol. The van der Waals surface area contributed by atoms with E-state index in [1.807, 2.05) is 6.92 Å². The Bertz CT molecular complexity index is 137. The summed E-state index contributed by atoms with van der Waals surface area (Å²) in [6.45, 7) is 1.08. The number of aliphatic hydroxyl groups is 1. The second-order valence-electron chi connectivity index (χ2n) is 3.14. The van der Waals surface area contributed by atoms with Crippen molar-refractivity contribution in [3.05, 3.63) is 0 Å². The minimum Gasteiger partial charge on any atom is -0.393 e. The molecule has 14 heavy (non-hydrogen) atoms. The van der Waals surface area contributed by atoms with Gasteiger partial charge in [0, 0.05) is 6.61 Å². The van der Waals surface area contributed by atoms with Gasteiger partial charge >= 0.3 is 6.18 Å². The largest absolute Gasteiger partial charge is 0.416 e. The molecule has 0 aliphatic rings. The number of aliphatic hydroxyl groups excluding tert-OH is 1. The lowest BCUT2D eigenvalue weighted by Crippen LogP contribution is -2.35. The molecule has 0 saturated carbocycles. The molecule has 2 nitrogen and oxygen atoms in total. The quantitative estimate of drug-likeness (QED) is 0.660. The summed E-state index contributed by atoms with van der Waals surface area (Å²) in [5.74, 6) is 0. The Morgan fingerprint density at radius 1 is 1.21 bits per heavy atom. The third-order valence-corrected chi connectivity index (χ3v) is 1.85. The van der Waals surface area contributed by atoms with Crippen LogP contribution in [-0.2, 0) is 4.74 Å². The smallest absolute Gasteiger partial charge is 0.393 e. The number of alkyl halides is 3. The van der Waals surface area contributed by atoms with Gasteiger partial charge in [0.2, 0.25) is 0 Å². The van der Waals surface area contributed by atoms with Crippen molar-refractivity contribution in [3.63, 3.8) is 0 Å². The van der Waals surface area contributed by atoms with Gasteiger partial charge < -0.3 is 9.84 Å². The fraction of sp³-hybridized carbons (Fsp3) is 1.00. The van der Waals surface area contributed by atoms with Crippen LogP contribution >= 0.6 is 0 Å². The van der Waals surface area contributed by atoms with Gasteiger partial charge in [-0.1, -0.05) is 26.2 Å². The van der Waals surface area contributed by atoms with E-state index in [9.17, 15) is 13.2 Å². The molecular formula is C9H17F3O2. The predicted octanol–water partition coefficient (Wildman–Crippen LogP) is 2.51. The van der Waals surface area contributed by atoms with Gasteiger partial charge in [-0.25, -0.2) is 0 Å². The first-order valence-electron chi connectivity index (χ1n) is 4.81. The highest BCUT2D eigenvalue weighted by Crippen LogP contribution is 2.22. The van der Waals surface area contributed by atoms with Gasteiger partial charge in [-0.05, 0) is 6.42 Å². The van der Waals surface area contributed by atoms with Crippen LogP contribution in [0.2, 0.25) is 0 Å². The van der Waals surface area contributed by atoms with Gasteiger partial charge in [0.1, 0.15) is 0 Å². The SMILES string of the molecule is CCCCCCOC(CO)C(F)(F)F. The van der Waals surface area contributed by atoms with Gasteiger partial charge in [0.15, 0.2) is 6.10 Å². The summed E-state index contributed by atoms with van der Waals surface area (Å²) < 4.78 is 40.6. The van der Waals surface area contributed by atoms with E-state index in [-0.39, 0.29) is 6.61 Å². The second-order valence-corrected chi connectivity index (χ2v) is 3.14. The predicted molar refractivity (Wildman–Crippen MR) is 47.0 cm³/mol. The molecule has 0 amide bonds. The van der Waals surface area contributed by atoms with Crippen LogP contribution in [0.1, 0.15) is 32.6 Å². The van der Waals surface area contributed by atoms with E-state index in [0.29, 0.717) is 6.42 Å². The summed E-state index contributed by atoms with van der Waals surface area (Å²) >= 11 is 0. The molecule has 86 valence electrons. The van der Waals surface area contributed by atoms with E-state index in [4.69, 9.17) is 5.11 Å². The lowest BCUT2D eigenvalue weighted by molar-refractivity contribution is -0.229. The van der Waals surface area contributed by atoms with E-state index in [2.05, 4.69) is 4.74 Å². The Morgan fingerprint density at radius 3 is 2.29 bits per heavy atom. The zero-order valence-corrected chi connectivity index (χ0v) is 8.31. The maximum Gasteiger partial charge on any atom is 0.416 e. The molecule has 0 spiro atoms. The van der Waals surface area contributed by atoms with Crippen molar-refractivity contribution in [2.45, 2.75) is 44.9 Å². The van der Waals surface area contributed by atoms with E-state index in [1.165, 1.54) is 0 Å². The zero-order valence-electron chi connectivity index (χ0n) is 8.31. The zero-order chi connectivity index (χ0) is 11.0. The first-order chi connectivity index (χ1) is 6.52. The van der Waals surface area contributed by atoms with E-state index in [1.54, 1.807) is 0 Å². The van der Waals surface area contributed by atoms with Crippen LogP contribution in [0.25, 0.3) is 0 Å². The van der Waals surface area contributed by atoms with Crippen LogP contribution in [0.3, 0.4) is 0 Å². The van der Waals surface area contributed by atoms with E-state index >= 15 is 0 Å². The molecule has 0 aromatic carbocycles. The number of hydrogen-bond donors (Lipinski definition) is 1. The maximum atomic E-state index is 12.0. The fourth-order valence-electron chi connectivity index (χ4n) is 1.01. The normalized spacial score (nSPS) is 14.4. The third kappa shape index (κ3) is 6.21. The number of ether oxygens (including phenoxy) is 1. The second kappa shape index (κ2) is 7.06. The molecule has 0 aliphatic carbocycles. The van der Waals surface area contributed by atoms with Crippen molar-refractivity contribution in [2.75, 3.05) is 13.2 Å². The minimum atomic E-state index is -4.46. The van der Waals surface area contributed by atoms with Crippen molar-refractivity contribution >= 4 is 0 Å². The summed E-state index contributed by atoms with van der Waals surface area (Å²) in [4.78, 5) is 0. The van der Waals surface area contributed by atoms with Crippen LogP contribution in [0.4, 0.5) is 13.2 Å². The van der Waals surface area contributed by atoms with Gasteiger partial charge in [0.25, 0.3) is 0 Å². The third-order valence-electron chi connectivity index (χ3n) is 1.85. The summed E-state index contributed by atoms with van der Waals surface area (Å²) in [7, 11) is 0. The molecule has 0 aromatic heterocycles. The number of hydrogen-bond acceptors (Lipinski definition) is 2. The Morgan fingerprint density at radius 2 is 1.86 bits per heavy atom. The molecule has 0 rings (SSSR count). The maximum absolute atomic E-state index is 12.0. The highest BCUT2D eigenvalue weighted by molar-refractivity contribution is 4.65. The van der Waals surface area contributed by atoms with Crippen molar-refractivity contribution in [3.8, 4) is 0 Å². The molecular weight excluding hydrogens is 197 g/mol. The number of rotatable bonds is 7. The van der Waals surface area contributed by atoms with Crippen LogP contribution in [0.15, 0.2) is 0 Å². The van der Waals surface area contributed by atoms with Gasteiger partial charge in [0.05, 0.1) is 6.61 Å². The average Bonchev–Trinajstić information content (AvgIpc) is 2.09. The van der Waals surface area contributed by atoms with Crippen LogP contribution in [-0.4, -0.2) is 30.6 Å². The summed E-state index contributed by atoms with van der Waals surface area (Å²) in [5.41, 5.74) is 0. The molecule has 0 aromatic rings. The molecule has 0 fully saturated rings. The number of halogens is 3. The molecule has 0 saturated heterocycles. The fourth-order valence-corrected chi connectivity index (χ4v) is 1.01. The lowest BCUT2D eigenvalue weighted by atomic mass is 10.2. The van der Waals surface area contributed by atoms with Crippen LogP contribution in [0, 0.1) is 0 Å². The standard InChI is InChI=1S/C9H17F3O2/c1-2-3-4-5-6-14-8(7-13)9(10,11)12/h8,13H,2-7H2,1H3. The molecule has 0 radical (unpaired) electrons. The Labute approximate surface area is 82.1 Å². The van der Waals surface area contributed by atoms with Crippen molar-refractivity contribution < 1.29 is 23.0 Å². The summed E-state index contributed by atoms with van der Waals surface area (Å²) in [6.07, 6.45) is -2.97. The monoisotopic (exact) mass is 214 g/mol. The highest BCUT2D eigenvalue weighted by Gasteiger charge is 2.39. The van der Waals surface area contributed by atoms with Crippen molar-refractivity contribution in [1.82, 2.24) is 0 Å². The molecule has 5 heteroatoms. The Kier molecular flexibility index (Phi) is 6.92. The Hall–Kier alpha value is -0.290. The summed E-state index contributed by atoms with van der Waals surface area (Å²) in [6, 6.07) is 0. The molecule has 0 bridgehead atoms. The van der Waals surface area contributed by atoms with Crippen LogP contribution < -0.4 is 0 Å². The van der Waals surface area contributed by atoms with Gasteiger partial charge in [-0.2, -0.15) is 13.2 Å². The van der Waals surface area contributed by atoms with Crippen molar-refractivity contribution in [1.29, 1.82) is 0 Å². The molecule has 0 heterocycles. The van der Waals surface area contributed by atoms with Gasteiger partial charge in [-0.3, -0.25) is 0 Å².